The average Bonchev–Trinajstić information content (AvgIpc) is 2.20. The van der Waals surface area contributed by atoms with E-state index in [0.717, 1.165) is 0 Å². The Labute approximate surface area is 96.0 Å². The Balaban J connectivity index is 2.65. The lowest BCUT2D eigenvalue weighted by molar-refractivity contribution is -0.123. The predicted molar refractivity (Wildman–Crippen MR) is 63.5 cm³/mol. The molecule has 0 aliphatic carbocycles. The number of carbonyl (C=O) groups excluding carboxylic acids is 1. The molecule has 1 amide bonds. The third-order valence-corrected chi connectivity index (χ3v) is 1.97. The first-order valence-electron chi connectivity index (χ1n) is 5.34. The van der Waals surface area contributed by atoms with Crippen LogP contribution >= 0.6 is 0 Å². The first kappa shape index (κ1) is 12.5. The smallest absolute Gasteiger partial charge is 0.229 e. The molecule has 0 saturated heterocycles. The second-order valence-electron chi connectivity index (χ2n) is 4.52. The van der Waals surface area contributed by atoms with E-state index in [4.69, 9.17) is 4.74 Å². The van der Waals surface area contributed by atoms with Gasteiger partial charge in [-0.25, -0.2) is 4.98 Å². The average molecular weight is 222 g/mol. The second kappa shape index (κ2) is 4.96. The first-order chi connectivity index (χ1) is 7.43. The van der Waals surface area contributed by atoms with Crippen LogP contribution in [0, 0.1) is 5.41 Å². The van der Waals surface area contributed by atoms with Gasteiger partial charge in [-0.15, -0.1) is 0 Å². The Bertz CT molecular complexity index is 352. The molecule has 88 valence electrons. The molecule has 0 atom stereocenters. The molecule has 0 spiro atoms. The Morgan fingerprint density at radius 3 is 2.56 bits per heavy atom. The predicted octanol–water partition coefficient (Wildman–Crippen LogP) is 2.46. The molecule has 0 aliphatic rings. The molecule has 0 unspecified atom stereocenters. The molecule has 1 heterocycles. The summed E-state index contributed by atoms with van der Waals surface area (Å²) in [6, 6.07) is 3.52. The molecule has 0 fully saturated rings. The molecule has 16 heavy (non-hydrogen) atoms. The molecule has 1 aromatic heterocycles. The Hall–Kier alpha value is -1.58. The van der Waals surface area contributed by atoms with Crippen LogP contribution in [0.25, 0.3) is 0 Å². The van der Waals surface area contributed by atoms with Crippen molar-refractivity contribution in [3.05, 3.63) is 18.3 Å². The monoisotopic (exact) mass is 222 g/mol. The first-order valence-corrected chi connectivity index (χ1v) is 5.34. The fourth-order valence-corrected chi connectivity index (χ4v) is 1.01. The van der Waals surface area contributed by atoms with Crippen molar-refractivity contribution in [2.24, 2.45) is 5.41 Å². The fraction of sp³-hybridized carbons (Fsp3) is 0.500. The summed E-state index contributed by atoms with van der Waals surface area (Å²) in [6.07, 6.45) is 1.59. The Morgan fingerprint density at radius 2 is 2.12 bits per heavy atom. The molecule has 4 nitrogen and oxygen atoms in total. The number of anilines is 1. The number of hydrogen-bond donors (Lipinski definition) is 1. The number of carbonyl (C=O) groups is 1. The minimum absolute atomic E-state index is 0.0292. The standard InChI is InChI=1S/C12H18N2O2/c1-5-16-10-7-6-9(8-13-10)14-11(15)12(2,3)4/h6-8H,5H2,1-4H3,(H,14,15). The van der Waals surface area contributed by atoms with Crippen LogP contribution in [-0.4, -0.2) is 17.5 Å². The zero-order valence-electron chi connectivity index (χ0n) is 10.2. The number of rotatable bonds is 3. The number of ether oxygens (including phenoxy) is 1. The molecule has 0 bridgehead atoms. The second-order valence-corrected chi connectivity index (χ2v) is 4.52. The van der Waals surface area contributed by atoms with E-state index in [0.29, 0.717) is 18.2 Å². The van der Waals surface area contributed by atoms with Gasteiger partial charge in [-0.2, -0.15) is 0 Å². The highest BCUT2D eigenvalue weighted by Gasteiger charge is 2.21. The number of amides is 1. The van der Waals surface area contributed by atoms with Crippen LogP contribution < -0.4 is 10.1 Å². The van der Waals surface area contributed by atoms with Crippen molar-refractivity contribution in [3.63, 3.8) is 0 Å². The highest BCUT2D eigenvalue weighted by atomic mass is 16.5. The van der Waals surface area contributed by atoms with Crippen LogP contribution in [0.1, 0.15) is 27.7 Å². The molecule has 0 aliphatic heterocycles. The maximum atomic E-state index is 11.7. The molecule has 1 aromatic rings. The molecule has 1 rings (SSSR count). The maximum absolute atomic E-state index is 11.7. The van der Waals surface area contributed by atoms with Crippen molar-refractivity contribution in [1.29, 1.82) is 0 Å². The van der Waals surface area contributed by atoms with E-state index < -0.39 is 5.41 Å². The van der Waals surface area contributed by atoms with Crippen molar-refractivity contribution in [2.45, 2.75) is 27.7 Å². The van der Waals surface area contributed by atoms with Gasteiger partial charge in [-0.1, -0.05) is 20.8 Å². The summed E-state index contributed by atoms with van der Waals surface area (Å²) in [6.45, 7) is 8.08. The van der Waals surface area contributed by atoms with Crippen LogP contribution in [0.4, 0.5) is 5.69 Å². The van der Waals surface area contributed by atoms with Crippen molar-refractivity contribution in [2.75, 3.05) is 11.9 Å². The molecular formula is C12H18N2O2. The van der Waals surface area contributed by atoms with E-state index in [-0.39, 0.29) is 5.91 Å². The normalized spacial score (nSPS) is 11.0. The summed E-state index contributed by atoms with van der Waals surface area (Å²) >= 11 is 0. The maximum Gasteiger partial charge on any atom is 0.229 e. The SMILES string of the molecule is CCOc1ccc(NC(=O)C(C)(C)C)cn1. The summed E-state index contributed by atoms with van der Waals surface area (Å²) in [7, 11) is 0. The van der Waals surface area contributed by atoms with E-state index in [1.165, 1.54) is 0 Å². The van der Waals surface area contributed by atoms with E-state index in [2.05, 4.69) is 10.3 Å². The van der Waals surface area contributed by atoms with Crippen molar-refractivity contribution >= 4 is 11.6 Å². The molecule has 0 radical (unpaired) electrons. The number of aromatic nitrogens is 1. The van der Waals surface area contributed by atoms with Gasteiger partial charge in [0.25, 0.3) is 0 Å². The van der Waals surface area contributed by atoms with Gasteiger partial charge in [0.2, 0.25) is 11.8 Å². The largest absolute Gasteiger partial charge is 0.478 e. The minimum Gasteiger partial charge on any atom is -0.478 e. The highest BCUT2D eigenvalue weighted by Crippen LogP contribution is 2.18. The third-order valence-electron chi connectivity index (χ3n) is 1.97. The molecule has 4 heteroatoms. The van der Waals surface area contributed by atoms with Gasteiger partial charge in [0.05, 0.1) is 18.5 Å². The minimum atomic E-state index is -0.404. The van der Waals surface area contributed by atoms with Crippen molar-refractivity contribution < 1.29 is 9.53 Å². The number of nitrogens with zero attached hydrogens (tertiary/aromatic N) is 1. The molecule has 1 N–H and O–H groups in total. The van der Waals surface area contributed by atoms with Gasteiger partial charge in [-0.05, 0) is 13.0 Å². The van der Waals surface area contributed by atoms with Crippen LogP contribution in [0.2, 0.25) is 0 Å². The lowest BCUT2D eigenvalue weighted by atomic mass is 9.96. The topological polar surface area (TPSA) is 51.2 Å². The van der Waals surface area contributed by atoms with E-state index >= 15 is 0 Å². The van der Waals surface area contributed by atoms with Crippen LogP contribution in [0.3, 0.4) is 0 Å². The number of nitrogens with one attached hydrogen (secondary N) is 1. The lowest BCUT2D eigenvalue weighted by Gasteiger charge is -2.17. The number of hydrogen-bond acceptors (Lipinski definition) is 3. The molecule has 0 aromatic carbocycles. The van der Waals surface area contributed by atoms with E-state index in [9.17, 15) is 4.79 Å². The summed E-state index contributed by atoms with van der Waals surface area (Å²) in [4.78, 5) is 15.7. The summed E-state index contributed by atoms with van der Waals surface area (Å²) < 4.78 is 5.21. The quantitative estimate of drug-likeness (QED) is 0.854. The van der Waals surface area contributed by atoms with Gasteiger partial charge < -0.3 is 10.1 Å². The van der Waals surface area contributed by atoms with Crippen molar-refractivity contribution in [3.8, 4) is 5.88 Å². The molecule has 0 saturated carbocycles. The summed E-state index contributed by atoms with van der Waals surface area (Å²) in [5, 5.41) is 2.79. The van der Waals surface area contributed by atoms with Gasteiger partial charge >= 0.3 is 0 Å². The Kier molecular flexibility index (Phi) is 3.88. The Morgan fingerprint density at radius 1 is 1.44 bits per heavy atom. The van der Waals surface area contributed by atoms with E-state index in [1.807, 2.05) is 27.7 Å². The third kappa shape index (κ3) is 3.53. The van der Waals surface area contributed by atoms with E-state index in [1.54, 1.807) is 18.3 Å². The molecular weight excluding hydrogens is 204 g/mol. The van der Waals surface area contributed by atoms with Gasteiger partial charge in [0, 0.05) is 11.5 Å². The van der Waals surface area contributed by atoms with Crippen LogP contribution in [0.15, 0.2) is 18.3 Å². The van der Waals surface area contributed by atoms with Gasteiger partial charge in [0.1, 0.15) is 0 Å². The zero-order chi connectivity index (χ0) is 12.2. The fourth-order valence-electron chi connectivity index (χ4n) is 1.01. The summed E-state index contributed by atoms with van der Waals surface area (Å²) in [5.74, 6) is 0.537. The number of pyridine rings is 1. The highest BCUT2D eigenvalue weighted by molar-refractivity contribution is 5.94. The van der Waals surface area contributed by atoms with Gasteiger partial charge in [0.15, 0.2) is 0 Å². The zero-order valence-corrected chi connectivity index (χ0v) is 10.2. The van der Waals surface area contributed by atoms with Gasteiger partial charge in [-0.3, -0.25) is 4.79 Å². The van der Waals surface area contributed by atoms with Crippen LogP contribution in [0.5, 0.6) is 5.88 Å². The van der Waals surface area contributed by atoms with Crippen LogP contribution in [-0.2, 0) is 4.79 Å². The van der Waals surface area contributed by atoms with Crippen molar-refractivity contribution in [1.82, 2.24) is 4.98 Å². The summed E-state index contributed by atoms with van der Waals surface area (Å²) in [5.41, 5.74) is 0.280. The lowest BCUT2D eigenvalue weighted by Crippen LogP contribution is -2.27.